The molecule has 0 radical (unpaired) electrons. The Morgan fingerprint density at radius 1 is 1.05 bits per heavy atom. The van der Waals surface area contributed by atoms with Crippen LogP contribution in [-0.2, 0) is 6.54 Å². The molecule has 7 rings (SSSR count). The molecule has 0 unspecified atom stereocenters. The van der Waals surface area contributed by atoms with Gasteiger partial charge in [-0.15, -0.1) is 11.8 Å². The van der Waals surface area contributed by atoms with Crippen LogP contribution in [0.2, 0.25) is 0 Å². The third-order valence-electron chi connectivity index (χ3n) is 8.43. The van der Waals surface area contributed by atoms with Crippen molar-refractivity contribution >= 4 is 28.7 Å². The van der Waals surface area contributed by atoms with Crippen molar-refractivity contribution in [2.45, 2.75) is 68.8 Å². The number of thioether (sulfide) groups is 1. The number of nitrogens with zero attached hydrogens (tertiary/aromatic N) is 7. The molecular formula is C29H32N8O2S. The fourth-order valence-electron chi connectivity index (χ4n) is 6.43. The highest BCUT2D eigenvalue weighted by Crippen LogP contribution is 2.51. The minimum atomic E-state index is -0.147. The largest absolute Gasteiger partial charge is 0.480 e. The van der Waals surface area contributed by atoms with Crippen LogP contribution in [0.25, 0.3) is 22.6 Å². The van der Waals surface area contributed by atoms with Crippen LogP contribution in [0.3, 0.4) is 0 Å². The van der Waals surface area contributed by atoms with Gasteiger partial charge in [-0.1, -0.05) is 13.3 Å². The number of aromatic nitrogens is 7. The van der Waals surface area contributed by atoms with Gasteiger partial charge in [0.2, 0.25) is 5.88 Å². The smallest absolute Gasteiger partial charge is 0.295 e. The molecule has 3 saturated carbocycles. The predicted molar refractivity (Wildman–Crippen MR) is 154 cm³/mol. The lowest BCUT2D eigenvalue weighted by atomic mass is 9.95. The minimum absolute atomic E-state index is 0.0975. The van der Waals surface area contributed by atoms with Gasteiger partial charge in [-0.3, -0.25) is 14.3 Å². The molecule has 11 heteroatoms. The van der Waals surface area contributed by atoms with E-state index in [0.717, 1.165) is 47.7 Å². The van der Waals surface area contributed by atoms with E-state index in [1.807, 2.05) is 16.8 Å². The van der Waals surface area contributed by atoms with Gasteiger partial charge >= 0.3 is 0 Å². The molecule has 40 heavy (non-hydrogen) atoms. The van der Waals surface area contributed by atoms with E-state index in [9.17, 15) is 4.79 Å². The van der Waals surface area contributed by atoms with Gasteiger partial charge in [0.1, 0.15) is 17.4 Å². The average Bonchev–Trinajstić information content (AvgIpc) is 3.62. The van der Waals surface area contributed by atoms with Gasteiger partial charge in [-0.2, -0.15) is 0 Å². The number of ether oxygens (including phenoxy) is 1. The topological polar surface area (TPSA) is 121 Å². The van der Waals surface area contributed by atoms with Crippen LogP contribution in [0, 0.1) is 11.8 Å². The van der Waals surface area contributed by atoms with Crippen molar-refractivity contribution in [3.05, 3.63) is 52.6 Å². The van der Waals surface area contributed by atoms with E-state index in [1.165, 1.54) is 19.2 Å². The molecule has 0 amide bonds. The zero-order valence-corrected chi connectivity index (χ0v) is 23.5. The number of pyridine rings is 1. The third kappa shape index (κ3) is 4.59. The number of fused-ring (bicyclic) bond motifs is 3. The molecule has 10 nitrogen and oxygen atoms in total. The molecule has 0 spiro atoms. The first-order valence-electron chi connectivity index (χ1n) is 14.1. The van der Waals surface area contributed by atoms with E-state index < -0.39 is 0 Å². The zero-order chi connectivity index (χ0) is 27.2. The van der Waals surface area contributed by atoms with Crippen LogP contribution in [0.5, 0.6) is 5.88 Å². The van der Waals surface area contributed by atoms with Crippen molar-refractivity contribution in [2.75, 3.05) is 18.2 Å². The van der Waals surface area contributed by atoms with E-state index in [2.05, 4.69) is 33.3 Å². The highest BCUT2D eigenvalue weighted by Gasteiger charge is 2.42. The maximum Gasteiger partial charge on any atom is 0.295 e. The summed E-state index contributed by atoms with van der Waals surface area (Å²) in [5, 5.41) is 3.27. The molecule has 0 saturated heterocycles. The molecular weight excluding hydrogens is 524 g/mol. The van der Waals surface area contributed by atoms with Gasteiger partial charge in [0.05, 0.1) is 31.2 Å². The van der Waals surface area contributed by atoms with Gasteiger partial charge < -0.3 is 10.1 Å². The monoisotopic (exact) mass is 556 g/mol. The van der Waals surface area contributed by atoms with Crippen LogP contribution in [0.4, 0.5) is 5.82 Å². The van der Waals surface area contributed by atoms with Gasteiger partial charge in [-0.05, 0) is 61.8 Å². The number of nitrogens with one attached hydrogen (secondary N) is 1. The lowest BCUT2D eigenvalue weighted by Crippen LogP contribution is -2.32. The van der Waals surface area contributed by atoms with Gasteiger partial charge in [-0.25, -0.2) is 24.9 Å². The Kier molecular flexibility index (Phi) is 6.61. The summed E-state index contributed by atoms with van der Waals surface area (Å²) in [5.74, 6) is 3.72. The molecule has 206 valence electrons. The maximum atomic E-state index is 14.1. The van der Waals surface area contributed by atoms with Gasteiger partial charge in [0.15, 0.2) is 17.3 Å². The van der Waals surface area contributed by atoms with Crippen molar-refractivity contribution in [3.8, 4) is 17.3 Å². The molecule has 4 aromatic heterocycles. The summed E-state index contributed by atoms with van der Waals surface area (Å²) in [6, 6.07) is 4.15. The van der Waals surface area contributed by atoms with Crippen LogP contribution in [-0.4, -0.2) is 47.3 Å². The summed E-state index contributed by atoms with van der Waals surface area (Å²) in [4.78, 5) is 43.1. The summed E-state index contributed by atoms with van der Waals surface area (Å²) in [6.45, 7) is 2.53. The van der Waals surface area contributed by atoms with E-state index in [0.29, 0.717) is 58.5 Å². The summed E-state index contributed by atoms with van der Waals surface area (Å²) < 4.78 is 7.50. The first-order chi connectivity index (χ1) is 19.6. The molecule has 4 aromatic rings. The lowest BCUT2D eigenvalue weighted by Gasteiger charge is -2.25. The molecule has 4 heterocycles. The van der Waals surface area contributed by atoms with Crippen LogP contribution in [0.1, 0.15) is 68.8 Å². The first kappa shape index (κ1) is 25.4. The van der Waals surface area contributed by atoms with Crippen molar-refractivity contribution in [3.63, 3.8) is 0 Å². The fraction of sp³-hybridized carbons (Fsp3) is 0.483. The van der Waals surface area contributed by atoms with E-state index >= 15 is 0 Å². The molecule has 3 atom stereocenters. The number of hydrogen-bond acceptors (Lipinski definition) is 10. The second-order valence-electron chi connectivity index (χ2n) is 11.0. The molecule has 0 aromatic carbocycles. The molecule has 0 aliphatic heterocycles. The third-order valence-corrected chi connectivity index (χ3v) is 9.30. The second kappa shape index (κ2) is 10.4. The van der Waals surface area contributed by atoms with Crippen molar-refractivity contribution in [1.29, 1.82) is 0 Å². The normalized spacial score (nSPS) is 21.7. The Morgan fingerprint density at radius 2 is 1.95 bits per heavy atom. The van der Waals surface area contributed by atoms with Gasteiger partial charge in [0, 0.05) is 23.1 Å². The molecule has 2 bridgehead atoms. The van der Waals surface area contributed by atoms with Crippen LogP contribution < -0.4 is 15.6 Å². The van der Waals surface area contributed by atoms with Crippen LogP contribution >= 0.6 is 11.8 Å². The molecule has 3 fully saturated rings. The van der Waals surface area contributed by atoms with E-state index in [-0.39, 0.29) is 11.6 Å². The van der Waals surface area contributed by atoms with Crippen molar-refractivity contribution in [1.82, 2.24) is 34.5 Å². The van der Waals surface area contributed by atoms with E-state index in [4.69, 9.17) is 19.7 Å². The summed E-state index contributed by atoms with van der Waals surface area (Å²) >= 11 is 1.75. The lowest BCUT2D eigenvalue weighted by molar-refractivity contribution is 0.329. The Hall–Kier alpha value is -3.60. The quantitative estimate of drug-likeness (QED) is 0.282. The van der Waals surface area contributed by atoms with Crippen molar-refractivity contribution < 1.29 is 4.74 Å². The first-order valence-corrected chi connectivity index (χ1v) is 15.1. The summed E-state index contributed by atoms with van der Waals surface area (Å²) in [7, 11) is 1.60. The zero-order valence-electron chi connectivity index (χ0n) is 22.7. The summed E-state index contributed by atoms with van der Waals surface area (Å²) in [5.41, 5.74) is 3.46. The van der Waals surface area contributed by atoms with Gasteiger partial charge in [0.25, 0.3) is 5.56 Å². The summed E-state index contributed by atoms with van der Waals surface area (Å²) in [6.07, 6.45) is 11.8. The predicted octanol–water partition coefficient (Wildman–Crippen LogP) is 5.01. The Bertz CT molecular complexity index is 1620. The minimum Gasteiger partial charge on any atom is -0.480 e. The molecule has 3 aliphatic carbocycles. The number of anilines is 1. The highest BCUT2D eigenvalue weighted by molar-refractivity contribution is 7.99. The van der Waals surface area contributed by atoms with Crippen molar-refractivity contribution in [2.24, 2.45) is 11.8 Å². The number of methoxy groups -OCH3 is 1. The number of hydrogen-bond donors (Lipinski definition) is 1. The second-order valence-corrected chi connectivity index (χ2v) is 12.3. The SMILES string of the molecule is CCSc1ccc(CNc2nc3cnc(-c4c(OC)ncnc4C4CC4)nc3n([C@@H]3C[C@H]4CC[C@@H]3C4)c2=O)nc1. The molecule has 3 aliphatic rings. The standard InChI is InChI=1S/C29H32N8O2S/c1-3-40-20-9-8-19(30-13-20)12-31-26-29(38)37(22-11-16-4-5-18(22)10-16)27-21(35-26)14-32-25(36-27)23-24(17-6-7-17)33-15-34-28(23)39-2/h8-9,13-18,22H,3-7,10-12H2,1-2H3,(H,31,35)/t16-,18+,22+/m0/s1. The van der Waals surface area contributed by atoms with Crippen LogP contribution in [0.15, 0.2) is 40.5 Å². The fourth-order valence-corrected chi connectivity index (χ4v) is 7.05. The van der Waals surface area contributed by atoms with E-state index in [1.54, 1.807) is 25.1 Å². The molecule has 1 N–H and O–H groups in total. The average molecular weight is 557 g/mol. The Morgan fingerprint density at radius 3 is 2.65 bits per heavy atom. The Balaban J connectivity index is 1.31. The highest BCUT2D eigenvalue weighted by atomic mass is 32.2. The Labute approximate surface area is 236 Å². The maximum absolute atomic E-state index is 14.1. The number of rotatable bonds is 9.